The summed E-state index contributed by atoms with van der Waals surface area (Å²) in [6.45, 7) is 1.42. The highest BCUT2D eigenvalue weighted by molar-refractivity contribution is 7.20. The standard InChI is InChI=1S/C12H11BF2O3S/c1-6(16)7-2-9(14)12(10(15)3-7)8-4-11(13(17)18)19-5-8/h2-6,16-18H,1H3/t6-/m0/s1. The number of halogens is 2. The van der Waals surface area contributed by atoms with Crippen LogP contribution in [0.1, 0.15) is 18.6 Å². The van der Waals surface area contributed by atoms with Crippen LogP contribution in [0.2, 0.25) is 0 Å². The Balaban J connectivity index is 2.50. The van der Waals surface area contributed by atoms with Gasteiger partial charge in [0, 0.05) is 4.78 Å². The van der Waals surface area contributed by atoms with E-state index in [4.69, 9.17) is 10.0 Å². The minimum atomic E-state index is -1.67. The van der Waals surface area contributed by atoms with Crippen molar-refractivity contribution in [2.45, 2.75) is 13.0 Å². The van der Waals surface area contributed by atoms with E-state index in [1.165, 1.54) is 18.4 Å². The molecule has 0 radical (unpaired) electrons. The van der Waals surface area contributed by atoms with Crippen molar-refractivity contribution in [3.8, 4) is 11.1 Å². The molecule has 1 atom stereocenters. The van der Waals surface area contributed by atoms with Crippen LogP contribution in [0.15, 0.2) is 23.6 Å². The Labute approximate surface area is 112 Å². The quantitative estimate of drug-likeness (QED) is 0.747. The Morgan fingerprint density at radius 1 is 1.16 bits per heavy atom. The molecule has 0 aliphatic carbocycles. The van der Waals surface area contributed by atoms with Crippen LogP contribution < -0.4 is 4.78 Å². The summed E-state index contributed by atoms with van der Waals surface area (Å²) in [6.07, 6.45) is -0.963. The zero-order chi connectivity index (χ0) is 14.2. The first-order valence-electron chi connectivity index (χ1n) is 5.52. The van der Waals surface area contributed by atoms with Gasteiger partial charge >= 0.3 is 7.12 Å². The van der Waals surface area contributed by atoms with Gasteiger partial charge in [0.15, 0.2) is 0 Å². The van der Waals surface area contributed by atoms with Gasteiger partial charge < -0.3 is 15.2 Å². The number of hydrogen-bond acceptors (Lipinski definition) is 4. The average molecular weight is 284 g/mol. The molecule has 0 saturated carbocycles. The first kappa shape index (κ1) is 14.1. The molecule has 1 aromatic heterocycles. The molecule has 0 unspecified atom stereocenters. The maximum Gasteiger partial charge on any atom is 0.499 e. The molecular weight excluding hydrogens is 273 g/mol. The van der Waals surface area contributed by atoms with Gasteiger partial charge in [-0.15, -0.1) is 0 Å². The third-order valence-corrected chi connectivity index (χ3v) is 3.68. The number of benzene rings is 1. The van der Waals surface area contributed by atoms with Crippen molar-refractivity contribution >= 4 is 23.2 Å². The van der Waals surface area contributed by atoms with Crippen molar-refractivity contribution in [1.29, 1.82) is 0 Å². The molecule has 19 heavy (non-hydrogen) atoms. The lowest BCUT2D eigenvalue weighted by Gasteiger charge is -2.09. The van der Waals surface area contributed by atoms with Gasteiger partial charge in [0.25, 0.3) is 0 Å². The van der Waals surface area contributed by atoms with Crippen LogP contribution in [0.3, 0.4) is 0 Å². The zero-order valence-corrected chi connectivity index (χ0v) is 10.8. The number of thiophene rings is 1. The van der Waals surface area contributed by atoms with Crippen LogP contribution in [0.4, 0.5) is 8.78 Å². The lowest BCUT2D eigenvalue weighted by atomic mass is 9.88. The van der Waals surface area contributed by atoms with E-state index >= 15 is 0 Å². The van der Waals surface area contributed by atoms with Crippen LogP contribution in [-0.4, -0.2) is 22.3 Å². The predicted molar refractivity (Wildman–Crippen MR) is 70.1 cm³/mol. The summed E-state index contributed by atoms with van der Waals surface area (Å²) in [4.78, 5) is 0. The lowest BCUT2D eigenvalue weighted by molar-refractivity contribution is 0.198. The van der Waals surface area contributed by atoms with Crippen LogP contribution >= 0.6 is 11.3 Å². The Hall–Kier alpha value is -1.28. The zero-order valence-electron chi connectivity index (χ0n) is 9.97. The van der Waals surface area contributed by atoms with E-state index in [0.717, 1.165) is 23.5 Å². The van der Waals surface area contributed by atoms with E-state index in [0.29, 0.717) is 0 Å². The normalized spacial score (nSPS) is 12.5. The van der Waals surface area contributed by atoms with E-state index in [9.17, 15) is 13.9 Å². The Morgan fingerprint density at radius 3 is 2.16 bits per heavy atom. The van der Waals surface area contributed by atoms with Gasteiger partial charge in [0.1, 0.15) is 11.6 Å². The second-order valence-electron chi connectivity index (χ2n) is 4.15. The second-order valence-corrected chi connectivity index (χ2v) is 5.09. The molecule has 3 N–H and O–H groups in total. The maximum atomic E-state index is 13.9. The summed E-state index contributed by atoms with van der Waals surface area (Å²) in [5, 5.41) is 28.7. The van der Waals surface area contributed by atoms with Crippen molar-refractivity contribution in [3.05, 3.63) is 40.8 Å². The van der Waals surface area contributed by atoms with Crippen molar-refractivity contribution < 1.29 is 23.9 Å². The van der Waals surface area contributed by atoms with E-state index in [1.807, 2.05) is 0 Å². The third kappa shape index (κ3) is 2.84. The molecule has 0 aliphatic rings. The first-order valence-corrected chi connectivity index (χ1v) is 6.40. The van der Waals surface area contributed by atoms with Gasteiger partial charge in [-0.3, -0.25) is 0 Å². The maximum absolute atomic E-state index is 13.9. The van der Waals surface area contributed by atoms with E-state index < -0.39 is 24.9 Å². The van der Waals surface area contributed by atoms with Gasteiger partial charge in [-0.25, -0.2) is 8.78 Å². The van der Waals surface area contributed by atoms with Gasteiger partial charge in [0.05, 0.1) is 11.7 Å². The fourth-order valence-corrected chi connectivity index (χ4v) is 2.49. The third-order valence-electron chi connectivity index (χ3n) is 2.71. The summed E-state index contributed by atoms with van der Waals surface area (Å²) in [7, 11) is -1.67. The highest BCUT2D eigenvalue weighted by atomic mass is 32.1. The van der Waals surface area contributed by atoms with Gasteiger partial charge in [0.2, 0.25) is 0 Å². The summed E-state index contributed by atoms with van der Waals surface area (Å²) in [6, 6.07) is 3.45. The SMILES string of the molecule is C[C@H](O)c1cc(F)c(-c2csc(B(O)O)c2)c(F)c1. The minimum absolute atomic E-state index is 0.149. The predicted octanol–water partition coefficient (Wildman–Crippen LogP) is 1.43. The molecule has 100 valence electrons. The molecule has 1 heterocycles. The molecule has 2 rings (SSSR count). The molecule has 0 spiro atoms. The monoisotopic (exact) mass is 284 g/mol. The summed E-state index contributed by atoms with van der Waals surface area (Å²) in [5.74, 6) is -1.60. The Bertz CT molecular complexity index is 575. The van der Waals surface area contributed by atoms with Crippen LogP contribution in [0.5, 0.6) is 0 Å². The minimum Gasteiger partial charge on any atom is -0.423 e. The van der Waals surface area contributed by atoms with Gasteiger partial charge in [-0.1, -0.05) is 0 Å². The fraction of sp³-hybridized carbons (Fsp3) is 0.167. The van der Waals surface area contributed by atoms with Crippen molar-refractivity contribution in [2.75, 3.05) is 0 Å². The number of aliphatic hydroxyl groups excluding tert-OH is 1. The lowest BCUT2D eigenvalue weighted by Crippen LogP contribution is -2.26. The summed E-state index contributed by atoms with van der Waals surface area (Å²) >= 11 is 0.998. The summed E-state index contributed by atoms with van der Waals surface area (Å²) < 4.78 is 28.0. The molecular formula is C12H11BF2O3S. The molecule has 2 aromatic rings. The molecule has 3 nitrogen and oxygen atoms in total. The molecule has 0 saturated heterocycles. The van der Waals surface area contributed by atoms with E-state index in [-0.39, 0.29) is 21.5 Å². The van der Waals surface area contributed by atoms with Crippen molar-refractivity contribution in [2.24, 2.45) is 0 Å². The Morgan fingerprint density at radius 2 is 1.74 bits per heavy atom. The highest BCUT2D eigenvalue weighted by Crippen LogP contribution is 2.29. The van der Waals surface area contributed by atoms with Gasteiger partial charge in [-0.2, -0.15) is 11.3 Å². The van der Waals surface area contributed by atoms with Crippen LogP contribution in [0, 0.1) is 11.6 Å². The van der Waals surface area contributed by atoms with Crippen LogP contribution in [0.25, 0.3) is 11.1 Å². The number of hydrogen-bond donors (Lipinski definition) is 3. The molecule has 0 bridgehead atoms. The van der Waals surface area contributed by atoms with E-state index in [1.54, 1.807) is 0 Å². The van der Waals surface area contributed by atoms with E-state index in [2.05, 4.69) is 0 Å². The molecule has 1 aromatic carbocycles. The number of rotatable bonds is 3. The van der Waals surface area contributed by atoms with Crippen molar-refractivity contribution in [1.82, 2.24) is 0 Å². The highest BCUT2D eigenvalue weighted by Gasteiger charge is 2.19. The largest absolute Gasteiger partial charge is 0.499 e. The van der Waals surface area contributed by atoms with Crippen molar-refractivity contribution in [3.63, 3.8) is 0 Å². The number of aliphatic hydroxyl groups is 1. The average Bonchev–Trinajstić information content (AvgIpc) is 2.77. The van der Waals surface area contributed by atoms with Crippen LogP contribution in [-0.2, 0) is 0 Å². The Kier molecular flexibility index (Phi) is 4.00. The topological polar surface area (TPSA) is 60.7 Å². The second kappa shape index (κ2) is 5.38. The molecule has 7 heteroatoms. The molecule has 0 aliphatic heterocycles. The smallest absolute Gasteiger partial charge is 0.423 e. The van der Waals surface area contributed by atoms with Gasteiger partial charge in [-0.05, 0) is 41.6 Å². The first-order chi connectivity index (χ1) is 8.90. The summed E-state index contributed by atoms with van der Waals surface area (Å²) in [5.41, 5.74) is 0.143. The molecule has 0 fully saturated rings. The fourth-order valence-electron chi connectivity index (χ4n) is 1.73. The molecule has 0 amide bonds.